The van der Waals surface area contributed by atoms with Crippen LogP contribution in [-0.2, 0) is 0 Å². The van der Waals surface area contributed by atoms with E-state index in [4.69, 9.17) is 4.74 Å². The van der Waals surface area contributed by atoms with Gasteiger partial charge in [-0.1, -0.05) is 36.4 Å². The van der Waals surface area contributed by atoms with Crippen molar-refractivity contribution >= 4 is 17.5 Å². The number of anilines is 2. The van der Waals surface area contributed by atoms with Crippen LogP contribution in [0.4, 0.5) is 16.3 Å². The lowest BCUT2D eigenvalue weighted by Gasteiger charge is -2.35. The number of aromatic nitrogens is 1. The fourth-order valence-electron chi connectivity index (χ4n) is 3.15. The first kappa shape index (κ1) is 17.9. The summed E-state index contributed by atoms with van der Waals surface area (Å²) in [4.78, 5) is 21.1. The van der Waals surface area contributed by atoms with Gasteiger partial charge in [-0.2, -0.15) is 0 Å². The van der Waals surface area contributed by atoms with Gasteiger partial charge in [-0.05, 0) is 36.4 Å². The lowest BCUT2D eigenvalue weighted by atomic mass is 10.2. The van der Waals surface area contributed by atoms with Gasteiger partial charge in [0.2, 0.25) is 0 Å². The van der Waals surface area contributed by atoms with Crippen molar-refractivity contribution in [2.24, 2.45) is 0 Å². The van der Waals surface area contributed by atoms with Gasteiger partial charge in [-0.3, -0.25) is 0 Å². The second-order valence-corrected chi connectivity index (χ2v) is 6.50. The molecule has 0 bridgehead atoms. The van der Waals surface area contributed by atoms with Crippen molar-refractivity contribution in [1.82, 2.24) is 9.88 Å². The van der Waals surface area contributed by atoms with Crippen LogP contribution in [0.2, 0.25) is 0 Å². The lowest BCUT2D eigenvalue weighted by Crippen LogP contribution is -2.50. The molecule has 2 amide bonds. The molecule has 6 nitrogen and oxygen atoms in total. The number of amides is 2. The Morgan fingerprint density at radius 1 is 0.857 bits per heavy atom. The van der Waals surface area contributed by atoms with Crippen molar-refractivity contribution < 1.29 is 9.53 Å². The molecular formula is C22H22N4O2. The average Bonchev–Trinajstić information content (AvgIpc) is 2.76. The maximum atomic E-state index is 12.7. The van der Waals surface area contributed by atoms with Gasteiger partial charge < -0.3 is 19.9 Å². The Morgan fingerprint density at radius 3 is 2.32 bits per heavy atom. The molecule has 1 N–H and O–H groups in total. The Hall–Kier alpha value is -3.54. The topological polar surface area (TPSA) is 57.7 Å². The maximum Gasteiger partial charge on any atom is 0.322 e. The van der Waals surface area contributed by atoms with E-state index in [1.807, 2.05) is 77.7 Å². The summed E-state index contributed by atoms with van der Waals surface area (Å²) in [5.41, 5.74) is 0.656. The van der Waals surface area contributed by atoms with E-state index >= 15 is 0 Å². The molecule has 0 aliphatic carbocycles. The monoisotopic (exact) mass is 374 g/mol. The highest BCUT2D eigenvalue weighted by molar-refractivity contribution is 5.91. The van der Waals surface area contributed by atoms with Crippen LogP contribution in [0, 0.1) is 0 Å². The molecule has 2 heterocycles. The first-order valence-corrected chi connectivity index (χ1v) is 9.33. The van der Waals surface area contributed by atoms with Gasteiger partial charge in [0.05, 0.1) is 5.69 Å². The number of hydrogen-bond acceptors (Lipinski definition) is 4. The number of urea groups is 1. The molecule has 4 rings (SSSR count). The highest BCUT2D eigenvalue weighted by Crippen LogP contribution is 2.29. The summed E-state index contributed by atoms with van der Waals surface area (Å²) in [6.07, 6.45) is 1.79. The van der Waals surface area contributed by atoms with E-state index < -0.39 is 0 Å². The summed E-state index contributed by atoms with van der Waals surface area (Å²) in [7, 11) is 0. The van der Waals surface area contributed by atoms with Gasteiger partial charge in [-0.15, -0.1) is 0 Å². The second kappa shape index (κ2) is 8.43. The van der Waals surface area contributed by atoms with Gasteiger partial charge >= 0.3 is 6.03 Å². The number of para-hydroxylation sites is 3. The zero-order valence-electron chi connectivity index (χ0n) is 15.5. The number of piperazine rings is 1. The molecule has 3 aromatic rings. The van der Waals surface area contributed by atoms with Crippen LogP contribution in [0.3, 0.4) is 0 Å². The summed E-state index contributed by atoms with van der Waals surface area (Å²) in [6.45, 7) is 2.80. The molecule has 0 saturated carbocycles. The number of rotatable bonds is 4. The summed E-state index contributed by atoms with van der Waals surface area (Å²) in [5, 5.41) is 2.98. The van der Waals surface area contributed by atoms with Crippen LogP contribution in [0.15, 0.2) is 79.0 Å². The number of carbonyl (C=O) groups is 1. The molecule has 1 saturated heterocycles. The van der Waals surface area contributed by atoms with E-state index in [0.717, 1.165) is 24.7 Å². The van der Waals surface area contributed by atoms with Gasteiger partial charge in [0, 0.05) is 32.4 Å². The minimum absolute atomic E-state index is 0.121. The summed E-state index contributed by atoms with van der Waals surface area (Å²) < 4.78 is 5.92. The Bertz CT molecular complexity index is 910. The molecule has 1 aliphatic rings. The fraction of sp³-hybridized carbons (Fsp3) is 0.182. The number of pyridine rings is 1. The predicted octanol–water partition coefficient (Wildman–Crippen LogP) is 4.23. The molecule has 2 aromatic carbocycles. The zero-order valence-corrected chi connectivity index (χ0v) is 15.5. The number of nitrogens with zero attached hydrogens (tertiary/aromatic N) is 3. The van der Waals surface area contributed by atoms with Gasteiger partial charge in [0.15, 0.2) is 5.75 Å². The number of nitrogens with one attached hydrogen (secondary N) is 1. The molecule has 1 aromatic heterocycles. The molecule has 28 heavy (non-hydrogen) atoms. The Morgan fingerprint density at radius 2 is 1.57 bits per heavy atom. The first-order chi connectivity index (χ1) is 13.8. The molecule has 6 heteroatoms. The minimum atomic E-state index is -0.121. The third-order valence-corrected chi connectivity index (χ3v) is 4.64. The van der Waals surface area contributed by atoms with E-state index in [0.29, 0.717) is 24.5 Å². The largest absolute Gasteiger partial charge is 0.455 e. The second-order valence-electron chi connectivity index (χ2n) is 6.50. The first-order valence-electron chi connectivity index (χ1n) is 9.33. The van der Waals surface area contributed by atoms with Crippen molar-refractivity contribution in [2.75, 3.05) is 36.4 Å². The van der Waals surface area contributed by atoms with Gasteiger partial charge in [0.1, 0.15) is 11.6 Å². The fourth-order valence-corrected chi connectivity index (χ4v) is 3.15. The molecule has 1 aliphatic heterocycles. The average molecular weight is 374 g/mol. The molecule has 1 fully saturated rings. The predicted molar refractivity (Wildman–Crippen MR) is 110 cm³/mol. The summed E-state index contributed by atoms with van der Waals surface area (Å²) in [6, 6.07) is 22.8. The van der Waals surface area contributed by atoms with Gasteiger partial charge in [0.25, 0.3) is 0 Å². The number of benzene rings is 2. The van der Waals surface area contributed by atoms with Crippen molar-refractivity contribution in [3.63, 3.8) is 0 Å². The highest BCUT2D eigenvalue weighted by atomic mass is 16.5. The van der Waals surface area contributed by atoms with E-state index in [2.05, 4.69) is 15.2 Å². The lowest BCUT2D eigenvalue weighted by molar-refractivity contribution is 0.208. The third kappa shape index (κ3) is 4.23. The maximum absolute atomic E-state index is 12.7. The Balaban J connectivity index is 1.38. The normalized spacial score (nSPS) is 13.9. The smallest absolute Gasteiger partial charge is 0.322 e. The highest BCUT2D eigenvalue weighted by Gasteiger charge is 2.22. The standard InChI is InChI=1S/C22H22N4O2/c27-22(26-16-14-25(15-17-26)21-12-6-7-13-23-21)24-19-10-4-5-11-20(19)28-18-8-2-1-3-9-18/h1-13H,14-17H2,(H,24,27). The van der Waals surface area contributed by atoms with E-state index in [9.17, 15) is 4.79 Å². The molecular weight excluding hydrogens is 352 g/mol. The minimum Gasteiger partial charge on any atom is -0.455 e. The van der Waals surface area contributed by atoms with Crippen molar-refractivity contribution in [2.45, 2.75) is 0 Å². The Labute approximate surface area is 164 Å². The summed E-state index contributed by atoms with van der Waals surface area (Å²) in [5.74, 6) is 2.30. The van der Waals surface area contributed by atoms with Crippen molar-refractivity contribution in [1.29, 1.82) is 0 Å². The Kier molecular flexibility index (Phi) is 5.38. The molecule has 0 atom stereocenters. The number of hydrogen-bond donors (Lipinski definition) is 1. The summed E-state index contributed by atoms with van der Waals surface area (Å²) >= 11 is 0. The van der Waals surface area contributed by atoms with Crippen LogP contribution >= 0.6 is 0 Å². The number of ether oxygens (including phenoxy) is 1. The quantitative estimate of drug-likeness (QED) is 0.743. The van der Waals surface area contributed by atoms with Crippen LogP contribution in [0.5, 0.6) is 11.5 Å². The number of carbonyl (C=O) groups excluding carboxylic acids is 1. The van der Waals surface area contributed by atoms with Gasteiger partial charge in [-0.25, -0.2) is 9.78 Å². The zero-order chi connectivity index (χ0) is 19.2. The molecule has 0 spiro atoms. The van der Waals surface area contributed by atoms with E-state index in [-0.39, 0.29) is 6.03 Å². The van der Waals surface area contributed by atoms with Crippen LogP contribution in [0.1, 0.15) is 0 Å². The molecule has 0 radical (unpaired) electrons. The SMILES string of the molecule is O=C(Nc1ccccc1Oc1ccccc1)N1CCN(c2ccccn2)CC1. The third-order valence-electron chi connectivity index (χ3n) is 4.64. The van der Waals surface area contributed by atoms with Crippen LogP contribution in [0.25, 0.3) is 0 Å². The van der Waals surface area contributed by atoms with Crippen LogP contribution in [-0.4, -0.2) is 42.1 Å². The molecule has 0 unspecified atom stereocenters. The van der Waals surface area contributed by atoms with Crippen LogP contribution < -0.4 is 15.0 Å². The van der Waals surface area contributed by atoms with E-state index in [1.54, 1.807) is 6.20 Å². The van der Waals surface area contributed by atoms with Crippen molar-refractivity contribution in [3.05, 3.63) is 79.0 Å². The van der Waals surface area contributed by atoms with Crippen molar-refractivity contribution in [3.8, 4) is 11.5 Å². The van der Waals surface area contributed by atoms with E-state index in [1.165, 1.54) is 0 Å². The molecule has 142 valence electrons.